The fourth-order valence-corrected chi connectivity index (χ4v) is 2.81. The Morgan fingerprint density at radius 1 is 1.45 bits per heavy atom. The van der Waals surface area contributed by atoms with Gasteiger partial charge in [-0.15, -0.1) is 0 Å². The van der Waals surface area contributed by atoms with Crippen LogP contribution in [0.15, 0.2) is 6.07 Å². The van der Waals surface area contributed by atoms with E-state index in [9.17, 15) is 4.79 Å². The maximum Gasteiger partial charge on any atom is 0.216 e. The second-order valence-electron chi connectivity index (χ2n) is 5.03. The molecule has 3 N–H and O–H groups in total. The van der Waals surface area contributed by atoms with Gasteiger partial charge in [0.25, 0.3) is 0 Å². The molecular formula is C13H18Cl2N4O. The maximum atomic E-state index is 10.9. The summed E-state index contributed by atoms with van der Waals surface area (Å²) in [7, 11) is 0. The van der Waals surface area contributed by atoms with Crippen molar-refractivity contribution in [1.82, 2.24) is 10.3 Å². The first-order valence-corrected chi connectivity index (χ1v) is 7.34. The van der Waals surface area contributed by atoms with Gasteiger partial charge < -0.3 is 16.0 Å². The fourth-order valence-electron chi connectivity index (χ4n) is 2.33. The molecule has 1 aliphatic heterocycles. The summed E-state index contributed by atoms with van der Waals surface area (Å²) in [5, 5.41) is 3.75. The zero-order valence-electron chi connectivity index (χ0n) is 11.3. The highest BCUT2D eigenvalue weighted by molar-refractivity contribution is 6.37. The predicted octanol–water partition coefficient (Wildman–Crippen LogP) is 2.32. The molecule has 0 aromatic carbocycles. The monoisotopic (exact) mass is 316 g/mol. The number of carbonyl (C=O) groups excluding carboxylic acids is 1. The third-order valence-electron chi connectivity index (χ3n) is 3.49. The molecule has 0 aliphatic carbocycles. The van der Waals surface area contributed by atoms with E-state index in [2.05, 4.69) is 15.2 Å². The van der Waals surface area contributed by atoms with Crippen LogP contribution in [0.3, 0.4) is 0 Å². The number of pyridine rings is 1. The minimum Gasteiger partial charge on any atom is -0.382 e. The van der Waals surface area contributed by atoms with Gasteiger partial charge in [0.05, 0.1) is 10.0 Å². The molecule has 0 unspecified atom stereocenters. The Bertz CT molecular complexity index is 501. The van der Waals surface area contributed by atoms with Crippen LogP contribution >= 0.6 is 23.2 Å². The highest BCUT2D eigenvalue weighted by Gasteiger charge is 2.22. The smallest absolute Gasteiger partial charge is 0.216 e. The molecule has 0 spiro atoms. The number of halogens is 2. The summed E-state index contributed by atoms with van der Waals surface area (Å²) in [6.07, 6.45) is 1.97. The number of nitrogen functional groups attached to an aromatic ring is 1. The van der Waals surface area contributed by atoms with Crippen LogP contribution in [0.2, 0.25) is 10.0 Å². The molecule has 1 aromatic heterocycles. The number of amides is 1. The predicted molar refractivity (Wildman–Crippen MR) is 82.3 cm³/mol. The van der Waals surface area contributed by atoms with E-state index in [0.29, 0.717) is 27.6 Å². The third-order valence-corrected chi connectivity index (χ3v) is 4.07. The number of anilines is 2. The van der Waals surface area contributed by atoms with Crippen LogP contribution in [0, 0.1) is 5.92 Å². The highest BCUT2D eigenvalue weighted by Crippen LogP contribution is 2.32. The Morgan fingerprint density at radius 2 is 2.10 bits per heavy atom. The lowest BCUT2D eigenvalue weighted by atomic mass is 9.97. The van der Waals surface area contributed by atoms with Gasteiger partial charge >= 0.3 is 0 Å². The first-order chi connectivity index (χ1) is 9.47. The number of hydrogen-bond donors (Lipinski definition) is 2. The molecule has 0 bridgehead atoms. The molecule has 0 saturated carbocycles. The number of nitrogens with zero attached hydrogens (tertiary/aromatic N) is 2. The van der Waals surface area contributed by atoms with E-state index < -0.39 is 0 Å². The molecule has 1 aliphatic rings. The van der Waals surface area contributed by atoms with Crippen molar-refractivity contribution < 1.29 is 4.79 Å². The number of nitrogens with two attached hydrogens (primary N) is 1. The summed E-state index contributed by atoms with van der Waals surface area (Å²) in [5.74, 6) is 1.50. The second kappa shape index (κ2) is 6.50. The van der Waals surface area contributed by atoms with Crippen LogP contribution in [-0.4, -0.2) is 30.5 Å². The van der Waals surface area contributed by atoms with Crippen molar-refractivity contribution in [2.75, 3.05) is 30.3 Å². The van der Waals surface area contributed by atoms with E-state index in [0.717, 1.165) is 32.5 Å². The van der Waals surface area contributed by atoms with Gasteiger partial charge in [-0.3, -0.25) is 4.79 Å². The maximum absolute atomic E-state index is 10.9. The summed E-state index contributed by atoms with van der Waals surface area (Å²) in [5.41, 5.74) is 5.73. The summed E-state index contributed by atoms with van der Waals surface area (Å²) < 4.78 is 0. The van der Waals surface area contributed by atoms with E-state index in [-0.39, 0.29) is 5.91 Å². The fraction of sp³-hybridized carbons (Fsp3) is 0.538. The minimum absolute atomic E-state index is 0.0163. The van der Waals surface area contributed by atoms with E-state index in [1.807, 2.05) is 0 Å². The Morgan fingerprint density at radius 3 is 2.70 bits per heavy atom. The average molecular weight is 317 g/mol. The molecule has 20 heavy (non-hydrogen) atoms. The van der Waals surface area contributed by atoms with E-state index in [1.165, 1.54) is 6.92 Å². The summed E-state index contributed by atoms with van der Waals surface area (Å²) in [4.78, 5) is 17.3. The summed E-state index contributed by atoms with van der Waals surface area (Å²) in [6, 6.07) is 1.63. The van der Waals surface area contributed by atoms with Gasteiger partial charge in [0.2, 0.25) is 5.91 Å². The number of rotatable bonds is 3. The second-order valence-corrected chi connectivity index (χ2v) is 5.84. The standard InChI is InChI=1S/C13H18Cl2N4O/c1-8(20)17-7-9-2-4-19(5-3-9)13-11(15)6-10(14)12(16)18-13/h6,9H,2-5,7H2,1H3,(H2,16,18)(H,17,20). The van der Waals surface area contributed by atoms with Crippen LogP contribution in [0.4, 0.5) is 11.6 Å². The minimum atomic E-state index is 0.0163. The van der Waals surface area contributed by atoms with E-state index in [4.69, 9.17) is 28.9 Å². The van der Waals surface area contributed by atoms with Crippen molar-refractivity contribution in [3.8, 4) is 0 Å². The lowest BCUT2D eigenvalue weighted by Gasteiger charge is -2.33. The van der Waals surface area contributed by atoms with Gasteiger partial charge in [0, 0.05) is 26.6 Å². The van der Waals surface area contributed by atoms with Crippen LogP contribution in [-0.2, 0) is 4.79 Å². The van der Waals surface area contributed by atoms with Gasteiger partial charge in [0.15, 0.2) is 0 Å². The van der Waals surface area contributed by atoms with Gasteiger partial charge in [0.1, 0.15) is 11.6 Å². The Labute approximate surface area is 128 Å². The topological polar surface area (TPSA) is 71.2 Å². The molecular weight excluding hydrogens is 299 g/mol. The van der Waals surface area contributed by atoms with Crippen LogP contribution in [0.5, 0.6) is 0 Å². The zero-order valence-corrected chi connectivity index (χ0v) is 12.8. The van der Waals surface area contributed by atoms with Gasteiger partial charge in [-0.2, -0.15) is 0 Å². The Kier molecular flexibility index (Phi) is 4.94. The third kappa shape index (κ3) is 3.67. The number of aromatic nitrogens is 1. The lowest BCUT2D eigenvalue weighted by Crippen LogP contribution is -2.38. The zero-order chi connectivity index (χ0) is 14.7. The summed E-state index contributed by atoms with van der Waals surface area (Å²) in [6.45, 7) is 3.96. The molecule has 0 radical (unpaired) electrons. The van der Waals surface area contributed by atoms with Crippen LogP contribution < -0.4 is 16.0 Å². The molecule has 7 heteroatoms. The SMILES string of the molecule is CC(=O)NCC1CCN(c2nc(N)c(Cl)cc2Cl)CC1. The Hall–Kier alpha value is -1.20. The van der Waals surface area contributed by atoms with Crippen molar-refractivity contribution in [2.24, 2.45) is 5.92 Å². The van der Waals surface area contributed by atoms with Crippen molar-refractivity contribution >= 4 is 40.7 Å². The number of carbonyl (C=O) groups is 1. The molecule has 1 saturated heterocycles. The van der Waals surface area contributed by atoms with Crippen molar-refractivity contribution in [3.05, 3.63) is 16.1 Å². The lowest BCUT2D eigenvalue weighted by molar-refractivity contribution is -0.119. The van der Waals surface area contributed by atoms with Gasteiger partial charge in [-0.1, -0.05) is 23.2 Å². The quantitative estimate of drug-likeness (QED) is 0.897. The molecule has 110 valence electrons. The molecule has 1 amide bonds. The van der Waals surface area contributed by atoms with Crippen molar-refractivity contribution in [3.63, 3.8) is 0 Å². The van der Waals surface area contributed by atoms with Crippen LogP contribution in [0.25, 0.3) is 0 Å². The number of piperidine rings is 1. The molecule has 2 rings (SSSR count). The molecule has 1 aromatic rings. The summed E-state index contributed by atoms with van der Waals surface area (Å²) >= 11 is 12.1. The number of nitrogens with one attached hydrogen (secondary N) is 1. The number of hydrogen-bond acceptors (Lipinski definition) is 4. The highest BCUT2D eigenvalue weighted by atomic mass is 35.5. The molecule has 5 nitrogen and oxygen atoms in total. The molecule has 2 heterocycles. The van der Waals surface area contributed by atoms with Crippen LogP contribution in [0.1, 0.15) is 19.8 Å². The largest absolute Gasteiger partial charge is 0.382 e. The Balaban J connectivity index is 1.97. The molecule has 0 atom stereocenters. The molecule has 1 fully saturated rings. The van der Waals surface area contributed by atoms with Crippen molar-refractivity contribution in [2.45, 2.75) is 19.8 Å². The van der Waals surface area contributed by atoms with E-state index in [1.54, 1.807) is 6.07 Å². The normalized spacial score (nSPS) is 16.2. The van der Waals surface area contributed by atoms with Crippen molar-refractivity contribution in [1.29, 1.82) is 0 Å². The first kappa shape index (κ1) is 15.2. The average Bonchev–Trinajstić information content (AvgIpc) is 2.41. The van der Waals surface area contributed by atoms with Gasteiger partial charge in [-0.25, -0.2) is 4.98 Å². The van der Waals surface area contributed by atoms with Gasteiger partial charge in [-0.05, 0) is 24.8 Å². The first-order valence-electron chi connectivity index (χ1n) is 6.58. The van der Waals surface area contributed by atoms with E-state index >= 15 is 0 Å².